The highest BCUT2D eigenvalue weighted by Gasteiger charge is 2.07. The molecule has 0 aromatic heterocycles. The number of phenolic OH excluding ortho intramolecular Hbond substituents is 1. The van der Waals surface area contributed by atoms with E-state index in [1.54, 1.807) is 19.1 Å². The quantitative estimate of drug-likeness (QED) is 0.526. The van der Waals surface area contributed by atoms with Gasteiger partial charge in [-0.1, -0.05) is 0 Å². The summed E-state index contributed by atoms with van der Waals surface area (Å²) in [5, 5.41) is 12.2. The zero-order valence-corrected chi connectivity index (χ0v) is 10.1. The van der Waals surface area contributed by atoms with Crippen molar-refractivity contribution < 1.29 is 14.6 Å². The first-order chi connectivity index (χ1) is 8.04. The molecule has 5 nitrogen and oxygen atoms in total. The van der Waals surface area contributed by atoms with Gasteiger partial charge in [0.25, 0.3) is 0 Å². The largest absolute Gasteiger partial charge is 0.508 e. The van der Waals surface area contributed by atoms with Crippen molar-refractivity contribution in [3.05, 3.63) is 23.3 Å². The molecule has 94 valence electrons. The Bertz CT molecular complexity index is 405. The van der Waals surface area contributed by atoms with Gasteiger partial charge in [-0.3, -0.25) is 4.79 Å². The van der Waals surface area contributed by atoms with Crippen molar-refractivity contribution in [3.63, 3.8) is 0 Å². The van der Waals surface area contributed by atoms with E-state index in [0.29, 0.717) is 24.4 Å². The maximum absolute atomic E-state index is 11.5. The third-order valence-electron chi connectivity index (χ3n) is 2.31. The fraction of sp³-hybridized carbons (Fsp3) is 0.417. The monoisotopic (exact) mass is 238 g/mol. The Balaban J connectivity index is 2.62. The molecule has 0 radical (unpaired) electrons. The van der Waals surface area contributed by atoms with E-state index < -0.39 is 0 Å². The molecule has 0 saturated heterocycles. The van der Waals surface area contributed by atoms with Gasteiger partial charge in [-0.2, -0.15) is 0 Å². The first-order valence-electron chi connectivity index (χ1n) is 5.42. The van der Waals surface area contributed by atoms with E-state index in [1.807, 2.05) is 6.92 Å². The number of phenols is 1. The van der Waals surface area contributed by atoms with Gasteiger partial charge >= 0.3 is 0 Å². The first-order valence-corrected chi connectivity index (χ1v) is 5.42. The molecule has 0 bridgehead atoms. The van der Waals surface area contributed by atoms with Gasteiger partial charge in [0, 0.05) is 12.2 Å². The van der Waals surface area contributed by atoms with Crippen LogP contribution in [0.25, 0.3) is 0 Å². The van der Waals surface area contributed by atoms with Crippen LogP contribution < -0.4 is 11.1 Å². The van der Waals surface area contributed by atoms with Crippen molar-refractivity contribution in [1.29, 1.82) is 0 Å². The van der Waals surface area contributed by atoms with Crippen molar-refractivity contribution in [3.8, 4) is 5.75 Å². The molecule has 4 N–H and O–H groups in total. The fourth-order valence-corrected chi connectivity index (χ4v) is 1.37. The van der Waals surface area contributed by atoms with Crippen LogP contribution in [0.3, 0.4) is 0 Å². The van der Waals surface area contributed by atoms with E-state index in [0.717, 1.165) is 5.56 Å². The SMILES string of the molecule is Cc1cc(NC(=O)COCCN)c(C)cc1O. The molecule has 1 rings (SSSR count). The van der Waals surface area contributed by atoms with Crippen LogP contribution >= 0.6 is 0 Å². The molecule has 5 heteroatoms. The lowest BCUT2D eigenvalue weighted by Gasteiger charge is -2.10. The zero-order chi connectivity index (χ0) is 12.8. The molecule has 1 aromatic carbocycles. The third kappa shape index (κ3) is 4.05. The van der Waals surface area contributed by atoms with Gasteiger partial charge in [-0.05, 0) is 37.1 Å². The van der Waals surface area contributed by atoms with Gasteiger partial charge in [-0.15, -0.1) is 0 Å². The van der Waals surface area contributed by atoms with Crippen LogP contribution in [0.4, 0.5) is 5.69 Å². The van der Waals surface area contributed by atoms with Crippen molar-refractivity contribution >= 4 is 11.6 Å². The van der Waals surface area contributed by atoms with Gasteiger partial charge < -0.3 is 20.9 Å². The van der Waals surface area contributed by atoms with Gasteiger partial charge in [-0.25, -0.2) is 0 Å². The molecule has 0 aliphatic heterocycles. The Morgan fingerprint density at radius 1 is 1.41 bits per heavy atom. The number of benzene rings is 1. The van der Waals surface area contributed by atoms with Crippen LogP contribution in [0.5, 0.6) is 5.75 Å². The highest BCUT2D eigenvalue weighted by molar-refractivity contribution is 5.92. The second-order valence-corrected chi connectivity index (χ2v) is 3.84. The average Bonchev–Trinajstić information content (AvgIpc) is 2.26. The second-order valence-electron chi connectivity index (χ2n) is 3.84. The average molecular weight is 238 g/mol. The number of aromatic hydroxyl groups is 1. The smallest absolute Gasteiger partial charge is 0.250 e. The van der Waals surface area contributed by atoms with Crippen molar-refractivity contribution in [2.45, 2.75) is 13.8 Å². The molecule has 1 aromatic rings. The molecule has 0 heterocycles. The number of rotatable bonds is 5. The molecule has 0 spiro atoms. The molecule has 0 aliphatic rings. The molecule has 0 fully saturated rings. The summed E-state index contributed by atoms with van der Waals surface area (Å²) in [6.45, 7) is 4.33. The number of amides is 1. The van der Waals surface area contributed by atoms with Crippen molar-refractivity contribution in [2.75, 3.05) is 25.1 Å². The van der Waals surface area contributed by atoms with E-state index in [1.165, 1.54) is 0 Å². The van der Waals surface area contributed by atoms with Gasteiger partial charge in [0.1, 0.15) is 12.4 Å². The Morgan fingerprint density at radius 3 is 2.76 bits per heavy atom. The number of anilines is 1. The summed E-state index contributed by atoms with van der Waals surface area (Å²) < 4.78 is 5.02. The summed E-state index contributed by atoms with van der Waals surface area (Å²) in [6.07, 6.45) is 0. The van der Waals surface area contributed by atoms with Crippen LogP contribution in [0.1, 0.15) is 11.1 Å². The minimum atomic E-state index is -0.230. The molecule has 17 heavy (non-hydrogen) atoms. The lowest BCUT2D eigenvalue weighted by molar-refractivity contribution is -0.120. The summed E-state index contributed by atoms with van der Waals surface area (Å²) in [5.74, 6) is -0.00785. The molecule has 0 unspecified atom stereocenters. The fourth-order valence-electron chi connectivity index (χ4n) is 1.37. The number of aryl methyl sites for hydroxylation is 2. The number of carbonyl (C=O) groups excluding carboxylic acids is 1. The van der Waals surface area contributed by atoms with Crippen molar-refractivity contribution in [1.82, 2.24) is 0 Å². The van der Waals surface area contributed by atoms with E-state index in [4.69, 9.17) is 10.5 Å². The molecule has 1 amide bonds. The summed E-state index contributed by atoms with van der Waals surface area (Å²) >= 11 is 0. The Morgan fingerprint density at radius 2 is 2.12 bits per heavy atom. The summed E-state index contributed by atoms with van der Waals surface area (Å²) in [6, 6.07) is 3.34. The topological polar surface area (TPSA) is 84.6 Å². The Labute approximate surface area is 101 Å². The third-order valence-corrected chi connectivity index (χ3v) is 2.31. The van der Waals surface area contributed by atoms with E-state index >= 15 is 0 Å². The Hall–Kier alpha value is -1.59. The minimum absolute atomic E-state index is 0.0173. The van der Waals surface area contributed by atoms with Crippen LogP contribution in [0, 0.1) is 13.8 Å². The van der Waals surface area contributed by atoms with E-state index in [2.05, 4.69) is 5.32 Å². The summed E-state index contributed by atoms with van der Waals surface area (Å²) in [5.41, 5.74) is 7.45. The number of ether oxygens (including phenoxy) is 1. The first kappa shape index (κ1) is 13.5. The van der Waals surface area contributed by atoms with Crippen LogP contribution in [-0.2, 0) is 9.53 Å². The maximum atomic E-state index is 11.5. The van der Waals surface area contributed by atoms with Gasteiger partial charge in [0.2, 0.25) is 5.91 Å². The maximum Gasteiger partial charge on any atom is 0.250 e. The van der Waals surface area contributed by atoms with Gasteiger partial charge in [0.05, 0.1) is 6.61 Å². The summed E-state index contributed by atoms with van der Waals surface area (Å²) in [4.78, 5) is 11.5. The summed E-state index contributed by atoms with van der Waals surface area (Å²) in [7, 11) is 0. The molecule has 0 saturated carbocycles. The lowest BCUT2D eigenvalue weighted by atomic mass is 10.1. The Kier molecular flexibility index (Phi) is 4.93. The van der Waals surface area contributed by atoms with Gasteiger partial charge in [0.15, 0.2) is 0 Å². The molecular weight excluding hydrogens is 220 g/mol. The highest BCUT2D eigenvalue weighted by atomic mass is 16.5. The molecular formula is C12H18N2O3. The predicted octanol–water partition coefficient (Wildman–Crippen LogP) is 0.923. The normalized spacial score (nSPS) is 10.3. The molecule has 0 atom stereocenters. The number of carbonyl (C=O) groups is 1. The van der Waals surface area contributed by atoms with E-state index in [-0.39, 0.29) is 18.3 Å². The zero-order valence-electron chi connectivity index (χ0n) is 10.1. The standard InChI is InChI=1S/C12H18N2O3/c1-8-6-11(15)9(2)5-10(8)14-12(16)7-17-4-3-13/h5-6,15H,3-4,7,13H2,1-2H3,(H,14,16). The number of hydrogen-bond acceptors (Lipinski definition) is 4. The highest BCUT2D eigenvalue weighted by Crippen LogP contribution is 2.24. The van der Waals surface area contributed by atoms with E-state index in [9.17, 15) is 9.90 Å². The number of hydrogen-bond donors (Lipinski definition) is 3. The predicted molar refractivity (Wildman–Crippen MR) is 66.1 cm³/mol. The molecule has 0 aliphatic carbocycles. The van der Waals surface area contributed by atoms with Crippen LogP contribution in [0.15, 0.2) is 12.1 Å². The number of nitrogens with one attached hydrogen (secondary N) is 1. The second kappa shape index (κ2) is 6.22. The number of nitrogens with two attached hydrogens (primary N) is 1. The minimum Gasteiger partial charge on any atom is -0.508 e. The van der Waals surface area contributed by atoms with Crippen molar-refractivity contribution in [2.24, 2.45) is 5.73 Å². The lowest BCUT2D eigenvalue weighted by Crippen LogP contribution is -2.21. The van der Waals surface area contributed by atoms with Crippen LogP contribution in [0.2, 0.25) is 0 Å². The van der Waals surface area contributed by atoms with Crippen LogP contribution in [-0.4, -0.2) is 30.8 Å².